The molecule has 0 fully saturated rings. The standard InChI is InChI=1S/C14H25N7O/c1-14(2,3)18-12(22)9-17-13(15-4)16-8-11-20-19-10-6-5-7-21(10)11/h5-9H2,1-4H3,(H,18,22)(H2,15,16,17). The van der Waals surface area contributed by atoms with Crippen molar-refractivity contribution >= 4 is 11.9 Å². The Hall–Kier alpha value is -2.12. The second kappa shape index (κ2) is 6.76. The number of guanidine groups is 1. The van der Waals surface area contributed by atoms with Gasteiger partial charge in [0.1, 0.15) is 5.82 Å². The summed E-state index contributed by atoms with van der Waals surface area (Å²) in [5, 5.41) is 17.4. The Bertz CT molecular complexity index is 556. The number of hydrogen-bond acceptors (Lipinski definition) is 4. The van der Waals surface area contributed by atoms with Crippen LogP contribution in [0.2, 0.25) is 0 Å². The maximum absolute atomic E-state index is 11.8. The number of amides is 1. The van der Waals surface area contributed by atoms with E-state index in [2.05, 4.69) is 35.7 Å². The molecule has 0 spiro atoms. The molecule has 122 valence electrons. The van der Waals surface area contributed by atoms with Gasteiger partial charge in [0, 0.05) is 25.6 Å². The third-order valence-corrected chi connectivity index (χ3v) is 3.25. The van der Waals surface area contributed by atoms with Crippen molar-refractivity contribution in [1.29, 1.82) is 0 Å². The Balaban J connectivity index is 1.79. The first kappa shape index (κ1) is 16.3. The van der Waals surface area contributed by atoms with Crippen LogP contribution in [-0.4, -0.2) is 45.8 Å². The summed E-state index contributed by atoms with van der Waals surface area (Å²) < 4.78 is 2.13. The molecule has 8 nitrogen and oxygen atoms in total. The van der Waals surface area contributed by atoms with Gasteiger partial charge >= 0.3 is 0 Å². The van der Waals surface area contributed by atoms with Gasteiger partial charge in [0.15, 0.2) is 11.8 Å². The second-order valence-corrected chi connectivity index (χ2v) is 6.37. The third kappa shape index (κ3) is 4.44. The Morgan fingerprint density at radius 1 is 1.32 bits per heavy atom. The molecule has 0 saturated heterocycles. The first-order valence-electron chi connectivity index (χ1n) is 7.55. The zero-order valence-electron chi connectivity index (χ0n) is 13.7. The van der Waals surface area contributed by atoms with E-state index in [1.807, 2.05) is 20.8 Å². The highest BCUT2D eigenvalue weighted by atomic mass is 16.2. The van der Waals surface area contributed by atoms with E-state index in [0.717, 1.165) is 31.0 Å². The second-order valence-electron chi connectivity index (χ2n) is 6.37. The number of rotatable bonds is 4. The lowest BCUT2D eigenvalue weighted by atomic mass is 10.1. The molecular weight excluding hydrogens is 282 g/mol. The Labute approximate surface area is 130 Å². The van der Waals surface area contributed by atoms with Crippen molar-refractivity contribution in [2.45, 2.75) is 52.2 Å². The molecule has 1 aliphatic rings. The van der Waals surface area contributed by atoms with Crippen LogP contribution in [0, 0.1) is 0 Å². The molecule has 0 atom stereocenters. The van der Waals surface area contributed by atoms with Crippen LogP contribution >= 0.6 is 0 Å². The predicted octanol–water partition coefficient (Wildman–Crippen LogP) is -0.196. The fourth-order valence-corrected chi connectivity index (χ4v) is 2.35. The SMILES string of the molecule is CN=C(NCC(=O)NC(C)(C)C)NCc1nnc2n1CCC2. The molecule has 1 aliphatic heterocycles. The normalized spacial score (nSPS) is 14.6. The van der Waals surface area contributed by atoms with Gasteiger partial charge in [0.05, 0.1) is 13.1 Å². The largest absolute Gasteiger partial charge is 0.350 e. The third-order valence-electron chi connectivity index (χ3n) is 3.25. The zero-order valence-corrected chi connectivity index (χ0v) is 13.7. The lowest BCUT2D eigenvalue weighted by molar-refractivity contribution is -0.121. The molecule has 1 aromatic rings. The molecule has 8 heteroatoms. The molecule has 2 rings (SSSR count). The van der Waals surface area contributed by atoms with Gasteiger partial charge in [0.25, 0.3) is 0 Å². The fourth-order valence-electron chi connectivity index (χ4n) is 2.35. The van der Waals surface area contributed by atoms with Crippen molar-refractivity contribution in [3.8, 4) is 0 Å². The van der Waals surface area contributed by atoms with Crippen LogP contribution in [0.1, 0.15) is 38.8 Å². The average molecular weight is 307 g/mol. The highest BCUT2D eigenvalue weighted by Crippen LogP contribution is 2.13. The Morgan fingerprint density at radius 2 is 2.09 bits per heavy atom. The number of aromatic nitrogens is 3. The lowest BCUT2D eigenvalue weighted by Gasteiger charge is -2.21. The first-order chi connectivity index (χ1) is 10.4. The summed E-state index contributed by atoms with van der Waals surface area (Å²) in [6, 6.07) is 0. The first-order valence-corrected chi connectivity index (χ1v) is 7.55. The van der Waals surface area contributed by atoms with Gasteiger partial charge < -0.3 is 20.5 Å². The van der Waals surface area contributed by atoms with Gasteiger partial charge in [0.2, 0.25) is 5.91 Å². The minimum Gasteiger partial charge on any atom is -0.350 e. The van der Waals surface area contributed by atoms with E-state index in [4.69, 9.17) is 0 Å². The Kier molecular flexibility index (Phi) is 4.99. The summed E-state index contributed by atoms with van der Waals surface area (Å²) in [6.45, 7) is 7.53. The van der Waals surface area contributed by atoms with E-state index in [0.29, 0.717) is 12.5 Å². The summed E-state index contributed by atoms with van der Waals surface area (Å²) in [4.78, 5) is 15.9. The Morgan fingerprint density at radius 3 is 2.77 bits per heavy atom. The van der Waals surface area contributed by atoms with Crippen LogP contribution in [-0.2, 0) is 24.3 Å². The molecule has 0 bridgehead atoms. The molecule has 1 amide bonds. The summed E-state index contributed by atoms with van der Waals surface area (Å²) in [5.41, 5.74) is -0.238. The molecule has 0 radical (unpaired) electrons. The van der Waals surface area contributed by atoms with E-state index in [1.165, 1.54) is 0 Å². The number of nitrogens with zero attached hydrogens (tertiary/aromatic N) is 4. The number of hydrogen-bond donors (Lipinski definition) is 3. The van der Waals surface area contributed by atoms with Crippen LogP contribution in [0.25, 0.3) is 0 Å². The molecule has 0 aromatic carbocycles. The maximum Gasteiger partial charge on any atom is 0.239 e. The number of aliphatic imine (C=N–C) groups is 1. The molecule has 0 aliphatic carbocycles. The zero-order chi connectivity index (χ0) is 16.2. The molecule has 3 N–H and O–H groups in total. The van der Waals surface area contributed by atoms with Gasteiger partial charge in [-0.15, -0.1) is 10.2 Å². The number of carbonyl (C=O) groups is 1. The number of nitrogens with one attached hydrogen (secondary N) is 3. The molecule has 0 saturated carbocycles. The predicted molar refractivity (Wildman–Crippen MR) is 84.4 cm³/mol. The number of aryl methyl sites for hydroxylation is 1. The topological polar surface area (TPSA) is 96.2 Å². The number of fused-ring (bicyclic) bond motifs is 1. The molecular formula is C14H25N7O. The molecule has 22 heavy (non-hydrogen) atoms. The smallest absolute Gasteiger partial charge is 0.239 e. The van der Waals surface area contributed by atoms with Crippen LogP contribution < -0.4 is 16.0 Å². The van der Waals surface area contributed by atoms with E-state index >= 15 is 0 Å². The van der Waals surface area contributed by atoms with Gasteiger partial charge in [-0.3, -0.25) is 9.79 Å². The summed E-state index contributed by atoms with van der Waals surface area (Å²) in [7, 11) is 1.67. The van der Waals surface area contributed by atoms with Gasteiger partial charge in [-0.1, -0.05) is 0 Å². The monoisotopic (exact) mass is 307 g/mol. The van der Waals surface area contributed by atoms with E-state index in [9.17, 15) is 4.79 Å². The maximum atomic E-state index is 11.8. The highest BCUT2D eigenvalue weighted by molar-refractivity contribution is 5.86. The fraction of sp³-hybridized carbons (Fsp3) is 0.714. The lowest BCUT2D eigenvalue weighted by Crippen LogP contribution is -2.48. The van der Waals surface area contributed by atoms with Crippen molar-refractivity contribution in [1.82, 2.24) is 30.7 Å². The van der Waals surface area contributed by atoms with Crippen LogP contribution in [0.15, 0.2) is 4.99 Å². The molecule has 1 aromatic heterocycles. The van der Waals surface area contributed by atoms with Crippen LogP contribution in [0.4, 0.5) is 0 Å². The van der Waals surface area contributed by atoms with Gasteiger partial charge in [-0.2, -0.15) is 0 Å². The summed E-state index contributed by atoms with van der Waals surface area (Å²) >= 11 is 0. The quantitative estimate of drug-likeness (QED) is 0.529. The average Bonchev–Trinajstić information content (AvgIpc) is 3.00. The minimum atomic E-state index is -0.238. The van der Waals surface area contributed by atoms with Crippen LogP contribution in [0.3, 0.4) is 0 Å². The van der Waals surface area contributed by atoms with Crippen molar-refractivity contribution in [2.75, 3.05) is 13.6 Å². The summed E-state index contributed by atoms with van der Waals surface area (Å²) in [5.74, 6) is 2.44. The van der Waals surface area contributed by atoms with Gasteiger partial charge in [-0.05, 0) is 27.2 Å². The van der Waals surface area contributed by atoms with Crippen LogP contribution in [0.5, 0.6) is 0 Å². The van der Waals surface area contributed by atoms with Crippen molar-refractivity contribution < 1.29 is 4.79 Å². The van der Waals surface area contributed by atoms with E-state index < -0.39 is 0 Å². The molecule has 2 heterocycles. The van der Waals surface area contributed by atoms with Crippen molar-refractivity contribution in [2.24, 2.45) is 4.99 Å². The van der Waals surface area contributed by atoms with Gasteiger partial charge in [-0.25, -0.2) is 0 Å². The van der Waals surface area contributed by atoms with E-state index in [-0.39, 0.29) is 18.0 Å². The van der Waals surface area contributed by atoms with E-state index in [1.54, 1.807) is 7.05 Å². The van der Waals surface area contributed by atoms with Crippen molar-refractivity contribution in [3.05, 3.63) is 11.6 Å². The minimum absolute atomic E-state index is 0.0705. The van der Waals surface area contributed by atoms with Crippen molar-refractivity contribution in [3.63, 3.8) is 0 Å². The number of carbonyl (C=O) groups excluding carboxylic acids is 1. The summed E-state index contributed by atoms with van der Waals surface area (Å²) in [6.07, 6.45) is 2.12. The molecule has 0 unspecified atom stereocenters. The highest BCUT2D eigenvalue weighted by Gasteiger charge is 2.17.